The fraction of sp³-hybridized carbons (Fsp3) is 0.231. The van der Waals surface area contributed by atoms with E-state index in [0.29, 0.717) is 43.7 Å². The highest BCUT2D eigenvalue weighted by Crippen LogP contribution is 2.28. The number of rotatable bonds is 4. The van der Waals surface area contributed by atoms with E-state index in [2.05, 4.69) is 15.0 Å². The van der Waals surface area contributed by atoms with Crippen LogP contribution in [0.2, 0.25) is 0 Å². The van der Waals surface area contributed by atoms with Gasteiger partial charge in [0.2, 0.25) is 0 Å². The van der Waals surface area contributed by atoms with E-state index in [4.69, 9.17) is 0 Å². The van der Waals surface area contributed by atoms with Crippen molar-refractivity contribution in [2.75, 3.05) is 24.5 Å². The molecule has 0 atom stereocenters. The van der Waals surface area contributed by atoms with Crippen LogP contribution in [0.1, 0.15) is 28.0 Å². The molecule has 0 bridgehead atoms. The van der Waals surface area contributed by atoms with Crippen molar-refractivity contribution in [2.24, 2.45) is 0 Å². The fourth-order valence-electron chi connectivity index (χ4n) is 4.82. The first kappa shape index (κ1) is 22.4. The number of nitrogens with zero attached hydrogens (tertiary/aromatic N) is 5. The van der Waals surface area contributed by atoms with Gasteiger partial charge in [-0.15, -0.1) is 0 Å². The number of carbonyl (C=O) groups is 2. The maximum Gasteiger partial charge on any atom is 0.283 e. The molecule has 0 saturated carbocycles. The number of ketones is 1. The first-order chi connectivity index (χ1) is 17.4. The molecule has 4 heterocycles. The van der Waals surface area contributed by atoms with Gasteiger partial charge in [-0.1, -0.05) is 6.07 Å². The van der Waals surface area contributed by atoms with Gasteiger partial charge in [-0.3, -0.25) is 14.6 Å². The number of aromatic nitrogens is 3. The number of carbonyl (C=O) groups excluding carboxylic acids is 2. The predicted octanol–water partition coefficient (Wildman–Crippen LogP) is 2.65. The minimum atomic E-state index is -3.89. The second kappa shape index (κ2) is 8.56. The van der Waals surface area contributed by atoms with Crippen molar-refractivity contribution in [1.29, 1.82) is 0 Å². The minimum absolute atomic E-state index is 0.0796. The summed E-state index contributed by atoms with van der Waals surface area (Å²) < 4.78 is 28.2. The third-order valence-electron chi connectivity index (χ3n) is 6.81. The molecule has 0 N–H and O–H groups in total. The van der Waals surface area contributed by atoms with Crippen molar-refractivity contribution in [3.05, 3.63) is 83.8 Å². The molecule has 6 rings (SSSR count). The second-order valence-corrected chi connectivity index (χ2v) is 10.8. The van der Waals surface area contributed by atoms with E-state index in [-0.39, 0.29) is 23.1 Å². The zero-order chi connectivity index (χ0) is 24.9. The molecule has 0 radical (unpaired) electrons. The molecule has 4 aromatic rings. The normalized spacial score (nSPS) is 15.9. The Morgan fingerprint density at radius 2 is 1.78 bits per heavy atom. The molecule has 1 saturated heterocycles. The van der Waals surface area contributed by atoms with Gasteiger partial charge in [0.05, 0.1) is 35.4 Å². The number of pyridine rings is 1. The molecule has 1 amide bonds. The lowest BCUT2D eigenvalue weighted by molar-refractivity contribution is -0.116. The molecule has 2 aliphatic heterocycles. The lowest BCUT2D eigenvalue weighted by Gasteiger charge is -2.29. The lowest BCUT2D eigenvalue weighted by atomic mass is 10.1. The van der Waals surface area contributed by atoms with Gasteiger partial charge in [-0.2, -0.15) is 17.6 Å². The molecule has 9 nitrogen and oxygen atoms in total. The van der Waals surface area contributed by atoms with Crippen LogP contribution in [0.15, 0.2) is 71.9 Å². The molecular weight excluding hydrogens is 478 g/mol. The van der Waals surface area contributed by atoms with Crippen LogP contribution in [-0.4, -0.2) is 58.8 Å². The van der Waals surface area contributed by atoms with Gasteiger partial charge in [-0.05, 0) is 60.5 Å². The van der Waals surface area contributed by atoms with Crippen LogP contribution in [0, 0.1) is 0 Å². The van der Waals surface area contributed by atoms with Crippen molar-refractivity contribution in [3.63, 3.8) is 0 Å². The quantitative estimate of drug-likeness (QED) is 0.423. The largest absolute Gasteiger partial charge is 0.365 e. The number of hydrogen-bond acceptors (Lipinski definition) is 7. The Bertz CT molecular complexity index is 1610. The highest BCUT2D eigenvalue weighted by atomic mass is 32.2. The molecule has 1 fully saturated rings. The number of fused-ring (bicyclic) bond motifs is 2. The Balaban J connectivity index is 1.26. The van der Waals surface area contributed by atoms with Crippen molar-refractivity contribution in [3.8, 4) is 0 Å². The van der Waals surface area contributed by atoms with Gasteiger partial charge < -0.3 is 9.80 Å². The average Bonchev–Trinajstić information content (AvgIpc) is 3.54. The third kappa shape index (κ3) is 3.83. The summed E-state index contributed by atoms with van der Waals surface area (Å²) in [4.78, 5) is 32.2. The fourth-order valence-corrected chi connectivity index (χ4v) is 6.17. The molecule has 2 aromatic carbocycles. The molecular formula is C26H23N5O4S. The van der Waals surface area contributed by atoms with E-state index in [0.717, 1.165) is 26.2 Å². The molecule has 36 heavy (non-hydrogen) atoms. The zero-order valence-electron chi connectivity index (χ0n) is 19.4. The van der Waals surface area contributed by atoms with E-state index in [9.17, 15) is 18.0 Å². The zero-order valence-corrected chi connectivity index (χ0v) is 20.2. The summed E-state index contributed by atoms with van der Waals surface area (Å²) in [6.07, 6.45) is 4.37. The smallest absolute Gasteiger partial charge is 0.283 e. The van der Waals surface area contributed by atoms with Gasteiger partial charge in [0.15, 0.2) is 5.78 Å². The van der Waals surface area contributed by atoms with Gasteiger partial charge >= 0.3 is 0 Å². The van der Waals surface area contributed by atoms with Gasteiger partial charge in [0, 0.05) is 42.3 Å². The monoisotopic (exact) mass is 501 g/mol. The van der Waals surface area contributed by atoms with Crippen LogP contribution >= 0.6 is 0 Å². The summed E-state index contributed by atoms with van der Waals surface area (Å²) in [7, 11) is -3.89. The number of Topliss-reactive ketones (excluding diaryl/α,β-unsaturated/α-hetero) is 1. The van der Waals surface area contributed by atoms with Crippen LogP contribution in [0.25, 0.3) is 10.9 Å². The van der Waals surface area contributed by atoms with Crippen LogP contribution in [0.4, 0.5) is 5.69 Å². The Hall–Kier alpha value is -4.05. The first-order valence-corrected chi connectivity index (χ1v) is 13.2. The van der Waals surface area contributed by atoms with Crippen LogP contribution < -0.4 is 4.90 Å². The first-order valence-electron chi connectivity index (χ1n) is 11.7. The van der Waals surface area contributed by atoms with Gasteiger partial charge in [-0.25, -0.2) is 0 Å². The summed E-state index contributed by atoms with van der Waals surface area (Å²) >= 11 is 0. The van der Waals surface area contributed by atoms with Crippen molar-refractivity contribution in [2.45, 2.75) is 24.3 Å². The molecule has 182 valence electrons. The molecule has 2 aliphatic rings. The molecule has 10 heteroatoms. The summed E-state index contributed by atoms with van der Waals surface area (Å²) in [6.45, 7) is 1.70. The minimum Gasteiger partial charge on any atom is -0.365 e. The Morgan fingerprint density at radius 1 is 0.944 bits per heavy atom. The maximum atomic E-state index is 13.5. The van der Waals surface area contributed by atoms with Gasteiger partial charge in [0.25, 0.3) is 15.9 Å². The van der Waals surface area contributed by atoms with Crippen molar-refractivity contribution in [1.82, 2.24) is 19.1 Å². The molecule has 0 aliphatic carbocycles. The highest BCUT2D eigenvalue weighted by molar-refractivity contribution is 7.89. The molecule has 0 spiro atoms. The number of anilines is 1. The van der Waals surface area contributed by atoms with E-state index in [1.54, 1.807) is 53.7 Å². The van der Waals surface area contributed by atoms with Crippen molar-refractivity contribution < 1.29 is 18.0 Å². The summed E-state index contributed by atoms with van der Waals surface area (Å²) in [6, 6.07) is 15.7. The summed E-state index contributed by atoms with van der Waals surface area (Å²) in [5, 5.41) is 4.99. The Morgan fingerprint density at radius 3 is 2.56 bits per heavy atom. The lowest BCUT2D eigenvalue weighted by Crippen LogP contribution is -2.33. The van der Waals surface area contributed by atoms with Crippen LogP contribution in [0.3, 0.4) is 0 Å². The van der Waals surface area contributed by atoms with E-state index in [1.165, 1.54) is 0 Å². The summed E-state index contributed by atoms with van der Waals surface area (Å²) in [5.41, 5.74) is 3.68. The summed E-state index contributed by atoms with van der Waals surface area (Å²) in [5.74, 6) is -0.0703. The molecule has 2 aromatic heterocycles. The number of amides is 1. The SMILES string of the molecule is O=C1CCN(C(=O)c2ccc(N3CCc4cnn(S(=O)(=O)c5ccc6ncccc6c5)c4C3)cc2)C1. The number of likely N-dealkylation sites (tertiary alicyclic amines) is 1. The van der Waals surface area contributed by atoms with E-state index in [1.807, 2.05) is 18.2 Å². The standard InChI is InChI=1S/C26H23N5O4S/c32-22-10-13-30(16-22)26(33)18-3-5-21(6-4-18)29-12-9-20-15-28-31(25(20)17-29)36(34,35)23-7-8-24-19(14-23)2-1-11-27-24/h1-8,11,14-15H,9-10,12-13,16-17H2. The van der Waals surface area contributed by atoms with E-state index < -0.39 is 10.0 Å². The van der Waals surface area contributed by atoms with E-state index >= 15 is 0 Å². The third-order valence-corrected chi connectivity index (χ3v) is 8.43. The Kier molecular flexibility index (Phi) is 5.33. The predicted molar refractivity (Wildman–Crippen MR) is 133 cm³/mol. The number of hydrogen-bond donors (Lipinski definition) is 0. The van der Waals surface area contributed by atoms with Crippen LogP contribution in [-0.2, 0) is 27.8 Å². The van der Waals surface area contributed by atoms with Crippen molar-refractivity contribution >= 4 is 38.3 Å². The maximum absolute atomic E-state index is 13.5. The highest BCUT2D eigenvalue weighted by Gasteiger charge is 2.29. The number of benzene rings is 2. The van der Waals surface area contributed by atoms with Gasteiger partial charge in [0.1, 0.15) is 0 Å². The second-order valence-electron chi connectivity index (χ2n) is 9.06. The van der Waals surface area contributed by atoms with Crippen LogP contribution in [0.5, 0.6) is 0 Å². The topological polar surface area (TPSA) is 105 Å². The molecule has 0 unspecified atom stereocenters. The Labute approximate surface area is 208 Å². The average molecular weight is 502 g/mol.